The second-order valence-electron chi connectivity index (χ2n) is 3.79. The smallest absolute Gasteiger partial charge is 0.200 e. The molecule has 0 heterocycles. The maximum Gasteiger partial charge on any atom is 0.200 e. The second kappa shape index (κ2) is 5.66. The second-order valence-corrected chi connectivity index (χ2v) is 4.23. The van der Waals surface area contributed by atoms with Gasteiger partial charge in [0.25, 0.3) is 0 Å². The van der Waals surface area contributed by atoms with E-state index in [1.165, 1.54) is 24.3 Å². The first-order valence-electron chi connectivity index (χ1n) is 5.30. The van der Waals surface area contributed by atoms with Crippen molar-refractivity contribution in [3.63, 3.8) is 0 Å². The Hall–Kier alpha value is -1.82. The highest BCUT2D eigenvalue weighted by atomic mass is 35.5. The van der Waals surface area contributed by atoms with Crippen LogP contribution in [0.1, 0.15) is 5.56 Å². The monoisotopic (exact) mass is 308 g/mol. The third-order valence-electron chi connectivity index (χ3n) is 2.50. The van der Waals surface area contributed by atoms with E-state index in [4.69, 9.17) is 16.3 Å². The van der Waals surface area contributed by atoms with E-state index in [2.05, 4.69) is 0 Å². The SMILES string of the molecule is Fc1c(F)c(F)c(COc2ccc(Cl)cc2)c(F)c1F. The number of hydrogen-bond acceptors (Lipinski definition) is 1. The van der Waals surface area contributed by atoms with Gasteiger partial charge in [0, 0.05) is 5.02 Å². The lowest BCUT2D eigenvalue weighted by Crippen LogP contribution is -2.09. The molecule has 0 unspecified atom stereocenters. The van der Waals surface area contributed by atoms with Crippen molar-refractivity contribution in [3.05, 3.63) is 63.9 Å². The molecular weight excluding hydrogens is 303 g/mol. The summed E-state index contributed by atoms with van der Waals surface area (Å²) in [4.78, 5) is 0. The van der Waals surface area contributed by atoms with Gasteiger partial charge in [-0.25, -0.2) is 22.0 Å². The summed E-state index contributed by atoms with van der Waals surface area (Å²) >= 11 is 5.62. The highest BCUT2D eigenvalue weighted by Gasteiger charge is 2.25. The normalized spacial score (nSPS) is 10.7. The summed E-state index contributed by atoms with van der Waals surface area (Å²) in [5, 5.41) is 0.411. The minimum absolute atomic E-state index is 0.179. The summed E-state index contributed by atoms with van der Waals surface area (Å²) < 4.78 is 70.4. The molecule has 0 amide bonds. The number of benzene rings is 2. The molecule has 2 aromatic carbocycles. The number of ether oxygens (including phenoxy) is 1. The Kier molecular flexibility index (Phi) is 4.13. The highest BCUT2D eigenvalue weighted by Crippen LogP contribution is 2.24. The molecule has 0 aliphatic heterocycles. The molecule has 0 radical (unpaired) electrons. The Bertz CT molecular complexity index is 613. The van der Waals surface area contributed by atoms with Crippen molar-refractivity contribution in [1.29, 1.82) is 0 Å². The summed E-state index contributed by atoms with van der Waals surface area (Å²) in [7, 11) is 0. The molecule has 0 atom stereocenters. The van der Waals surface area contributed by atoms with Gasteiger partial charge >= 0.3 is 0 Å². The fourth-order valence-electron chi connectivity index (χ4n) is 1.46. The Morgan fingerprint density at radius 2 is 1.20 bits per heavy atom. The molecule has 20 heavy (non-hydrogen) atoms. The summed E-state index contributed by atoms with van der Waals surface area (Å²) in [6, 6.07) is 5.70. The molecule has 0 saturated carbocycles. The van der Waals surface area contributed by atoms with Gasteiger partial charge in [-0.1, -0.05) is 11.6 Å². The summed E-state index contributed by atoms with van der Waals surface area (Å²) in [5.74, 6) is -9.84. The van der Waals surface area contributed by atoms with Crippen LogP contribution in [0.15, 0.2) is 24.3 Å². The van der Waals surface area contributed by atoms with Gasteiger partial charge in [-0.05, 0) is 24.3 Å². The first-order valence-corrected chi connectivity index (χ1v) is 5.68. The molecule has 2 rings (SSSR count). The van der Waals surface area contributed by atoms with Crippen LogP contribution in [-0.2, 0) is 6.61 Å². The van der Waals surface area contributed by atoms with Crippen LogP contribution in [0.4, 0.5) is 22.0 Å². The fraction of sp³-hybridized carbons (Fsp3) is 0.0769. The molecule has 0 N–H and O–H groups in total. The van der Waals surface area contributed by atoms with Crippen molar-refractivity contribution in [2.24, 2.45) is 0 Å². The maximum absolute atomic E-state index is 13.3. The van der Waals surface area contributed by atoms with E-state index in [-0.39, 0.29) is 5.75 Å². The van der Waals surface area contributed by atoms with E-state index in [9.17, 15) is 22.0 Å². The Balaban J connectivity index is 2.28. The van der Waals surface area contributed by atoms with E-state index >= 15 is 0 Å². The van der Waals surface area contributed by atoms with E-state index in [0.29, 0.717) is 5.02 Å². The van der Waals surface area contributed by atoms with Gasteiger partial charge in [-0.2, -0.15) is 0 Å². The van der Waals surface area contributed by atoms with Crippen molar-refractivity contribution >= 4 is 11.6 Å². The first kappa shape index (κ1) is 14.6. The van der Waals surface area contributed by atoms with Gasteiger partial charge < -0.3 is 4.74 Å². The molecule has 0 fully saturated rings. The standard InChI is InChI=1S/C13H6ClF5O/c14-6-1-3-7(4-2-6)20-5-8-9(15)11(17)13(19)12(18)10(8)16/h1-4H,5H2. The predicted molar refractivity (Wildman–Crippen MR) is 62.0 cm³/mol. The summed E-state index contributed by atoms with van der Waals surface area (Å²) in [5.41, 5.74) is -1.03. The molecule has 0 spiro atoms. The van der Waals surface area contributed by atoms with Crippen LogP contribution in [0.25, 0.3) is 0 Å². The van der Waals surface area contributed by atoms with Crippen LogP contribution in [0.5, 0.6) is 5.75 Å². The van der Waals surface area contributed by atoms with Gasteiger partial charge in [0.1, 0.15) is 12.4 Å². The third-order valence-corrected chi connectivity index (χ3v) is 2.75. The quantitative estimate of drug-likeness (QED) is 0.457. The van der Waals surface area contributed by atoms with Crippen molar-refractivity contribution in [2.75, 3.05) is 0 Å². The van der Waals surface area contributed by atoms with Gasteiger partial charge in [0.05, 0.1) is 5.56 Å². The molecule has 1 nitrogen and oxygen atoms in total. The van der Waals surface area contributed by atoms with E-state index < -0.39 is 41.3 Å². The lowest BCUT2D eigenvalue weighted by Gasteiger charge is -2.10. The van der Waals surface area contributed by atoms with Crippen LogP contribution in [-0.4, -0.2) is 0 Å². The number of halogens is 6. The summed E-state index contributed by atoms with van der Waals surface area (Å²) in [6.45, 7) is -0.798. The topological polar surface area (TPSA) is 9.23 Å². The molecule has 7 heteroatoms. The van der Waals surface area contributed by atoms with Gasteiger partial charge in [-0.3, -0.25) is 0 Å². The number of hydrogen-bond donors (Lipinski definition) is 0. The largest absolute Gasteiger partial charge is 0.489 e. The minimum Gasteiger partial charge on any atom is -0.489 e. The van der Waals surface area contributed by atoms with Crippen LogP contribution in [0, 0.1) is 29.1 Å². The Labute approximate surface area is 115 Å². The zero-order chi connectivity index (χ0) is 14.9. The first-order chi connectivity index (χ1) is 9.41. The van der Waals surface area contributed by atoms with E-state index in [0.717, 1.165) is 0 Å². The van der Waals surface area contributed by atoms with E-state index in [1.807, 2.05) is 0 Å². The van der Waals surface area contributed by atoms with Crippen LogP contribution in [0.3, 0.4) is 0 Å². The number of rotatable bonds is 3. The van der Waals surface area contributed by atoms with Crippen LogP contribution in [0.2, 0.25) is 5.02 Å². The molecule has 106 valence electrons. The summed E-state index contributed by atoms with van der Waals surface area (Å²) in [6.07, 6.45) is 0. The molecule has 0 aliphatic carbocycles. The molecule has 2 aromatic rings. The average molecular weight is 309 g/mol. The van der Waals surface area contributed by atoms with E-state index in [1.54, 1.807) is 0 Å². The minimum atomic E-state index is -2.20. The van der Waals surface area contributed by atoms with Crippen LogP contribution < -0.4 is 4.74 Å². The Morgan fingerprint density at radius 1 is 0.750 bits per heavy atom. The zero-order valence-corrected chi connectivity index (χ0v) is 10.4. The van der Waals surface area contributed by atoms with Crippen molar-refractivity contribution in [3.8, 4) is 5.75 Å². The molecular formula is C13H6ClF5O. The molecule has 0 aliphatic rings. The van der Waals surface area contributed by atoms with Gasteiger partial charge in [-0.15, -0.1) is 0 Å². The molecule has 0 bridgehead atoms. The lowest BCUT2D eigenvalue weighted by molar-refractivity contribution is 0.279. The molecule has 0 aromatic heterocycles. The van der Waals surface area contributed by atoms with Gasteiger partial charge in [0.2, 0.25) is 5.82 Å². The zero-order valence-electron chi connectivity index (χ0n) is 9.69. The fourth-order valence-corrected chi connectivity index (χ4v) is 1.59. The maximum atomic E-state index is 13.3. The average Bonchev–Trinajstić information content (AvgIpc) is 2.45. The molecule has 0 saturated heterocycles. The van der Waals surface area contributed by atoms with Crippen molar-refractivity contribution < 1.29 is 26.7 Å². The van der Waals surface area contributed by atoms with Crippen molar-refractivity contribution in [1.82, 2.24) is 0 Å². The van der Waals surface area contributed by atoms with Crippen molar-refractivity contribution in [2.45, 2.75) is 6.61 Å². The van der Waals surface area contributed by atoms with Gasteiger partial charge in [0.15, 0.2) is 23.3 Å². The third kappa shape index (κ3) is 2.70. The highest BCUT2D eigenvalue weighted by molar-refractivity contribution is 6.30. The lowest BCUT2D eigenvalue weighted by atomic mass is 10.2. The predicted octanol–water partition coefficient (Wildman–Crippen LogP) is 4.61. The Morgan fingerprint density at radius 3 is 1.70 bits per heavy atom. The van der Waals surface area contributed by atoms with Crippen LogP contribution >= 0.6 is 11.6 Å².